The lowest BCUT2D eigenvalue weighted by Crippen LogP contribution is -2.26. The van der Waals surface area contributed by atoms with Crippen molar-refractivity contribution in [1.82, 2.24) is 0 Å². The highest BCUT2D eigenvalue weighted by atomic mass is 16.4. The SMILES string of the molecule is CCC[C@H]1CC(=O)C(C(=O)O)[C@@H]1CCC. The maximum atomic E-state index is 11.6. The summed E-state index contributed by atoms with van der Waals surface area (Å²) in [6.07, 6.45) is 4.33. The van der Waals surface area contributed by atoms with Crippen LogP contribution in [-0.4, -0.2) is 16.9 Å². The Morgan fingerprint density at radius 1 is 1.33 bits per heavy atom. The molecular formula is C12H20O3. The fraction of sp³-hybridized carbons (Fsp3) is 0.833. The van der Waals surface area contributed by atoms with Gasteiger partial charge in [-0.25, -0.2) is 0 Å². The van der Waals surface area contributed by atoms with Gasteiger partial charge < -0.3 is 5.11 Å². The van der Waals surface area contributed by atoms with Crippen LogP contribution in [0.2, 0.25) is 0 Å². The van der Waals surface area contributed by atoms with Crippen LogP contribution in [0.25, 0.3) is 0 Å². The molecule has 15 heavy (non-hydrogen) atoms. The molecule has 1 aliphatic rings. The third-order valence-electron chi connectivity index (χ3n) is 3.39. The van der Waals surface area contributed by atoms with Crippen LogP contribution in [0.4, 0.5) is 0 Å². The molecule has 0 aromatic carbocycles. The van der Waals surface area contributed by atoms with E-state index in [2.05, 4.69) is 6.92 Å². The monoisotopic (exact) mass is 212 g/mol. The van der Waals surface area contributed by atoms with Gasteiger partial charge in [0.05, 0.1) is 0 Å². The minimum atomic E-state index is -0.919. The molecule has 1 N–H and O–H groups in total. The molecule has 1 rings (SSSR count). The Morgan fingerprint density at radius 3 is 2.40 bits per heavy atom. The average molecular weight is 212 g/mol. The lowest BCUT2D eigenvalue weighted by Gasteiger charge is -2.20. The first-order valence-corrected chi connectivity index (χ1v) is 5.87. The van der Waals surface area contributed by atoms with Crippen molar-refractivity contribution in [3.63, 3.8) is 0 Å². The van der Waals surface area contributed by atoms with Gasteiger partial charge in [-0.1, -0.05) is 26.7 Å². The number of Topliss-reactive ketones (excluding diaryl/α,β-unsaturated/α-hetero) is 1. The summed E-state index contributed by atoms with van der Waals surface area (Å²) in [5.74, 6) is -1.30. The van der Waals surface area contributed by atoms with Gasteiger partial charge in [0.15, 0.2) is 0 Å². The number of aliphatic carboxylic acids is 1. The Morgan fingerprint density at radius 2 is 1.93 bits per heavy atom. The summed E-state index contributed by atoms with van der Waals surface area (Å²) < 4.78 is 0. The molecule has 1 saturated carbocycles. The summed E-state index contributed by atoms with van der Waals surface area (Å²) in [6, 6.07) is 0. The maximum Gasteiger partial charge on any atom is 0.314 e. The third-order valence-corrected chi connectivity index (χ3v) is 3.39. The number of rotatable bonds is 5. The minimum Gasteiger partial charge on any atom is -0.481 e. The molecule has 0 aromatic rings. The Hall–Kier alpha value is -0.860. The molecule has 0 heterocycles. The molecule has 0 spiro atoms. The molecule has 0 radical (unpaired) electrons. The van der Waals surface area contributed by atoms with Crippen molar-refractivity contribution in [2.45, 2.75) is 46.0 Å². The molecule has 0 saturated heterocycles. The first kappa shape index (κ1) is 12.2. The van der Waals surface area contributed by atoms with Crippen molar-refractivity contribution < 1.29 is 14.7 Å². The summed E-state index contributed by atoms with van der Waals surface area (Å²) in [6.45, 7) is 4.13. The zero-order valence-corrected chi connectivity index (χ0v) is 9.53. The molecule has 1 unspecified atom stereocenters. The number of carbonyl (C=O) groups is 2. The first-order chi connectivity index (χ1) is 7.11. The highest BCUT2D eigenvalue weighted by Gasteiger charge is 2.45. The number of carboxylic acid groups (broad SMARTS) is 1. The van der Waals surface area contributed by atoms with E-state index < -0.39 is 11.9 Å². The van der Waals surface area contributed by atoms with Crippen molar-refractivity contribution in [2.75, 3.05) is 0 Å². The topological polar surface area (TPSA) is 54.4 Å². The number of ketones is 1. The smallest absolute Gasteiger partial charge is 0.314 e. The van der Waals surface area contributed by atoms with Gasteiger partial charge in [-0.15, -0.1) is 0 Å². The van der Waals surface area contributed by atoms with E-state index in [1.165, 1.54) is 0 Å². The standard InChI is InChI=1S/C12H20O3/c1-3-5-8-7-10(13)11(12(14)15)9(8)6-4-2/h8-9,11H,3-7H2,1-2H3,(H,14,15)/t8-,9+,11?/m0/s1. The van der Waals surface area contributed by atoms with Crippen molar-refractivity contribution in [1.29, 1.82) is 0 Å². The summed E-state index contributed by atoms with van der Waals surface area (Å²) in [5, 5.41) is 9.05. The van der Waals surface area contributed by atoms with Crippen LogP contribution in [0.5, 0.6) is 0 Å². The number of hydrogen-bond donors (Lipinski definition) is 1. The predicted molar refractivity (Wildman–Crippen MR) is 57.5 cm³/mol. The predicted octanol–water partition coefficient (Wildman–Crippen LogP) is 2.49. The van der Waals surface area contributed by atoms with Gasteiger partial charge in [0.1, 0.15) is 11.7 Å². The Labute approximate surface area is 90.9 Å². The van der Waals surface area contributed by atoms with Crippen LogP contribution in [0.3, 0.4) is 0 Å². The lowest BCUT2D eigenvalue weighted by molar-refractivity contribution is -0.146. The zero-order chi connectivity index (χ0) is 11.4. The molecule has 3 nitrogen and oxygen atoms in total. The van der Waals surface area contributed by atoms with Crippen molar-refractivity contribution in [3.8, 4) is 0 Å². The highest BCUT2D eigenvalue weighted by Crippen LogP contribution is 2.40. The summed E-state index contributed by atoms with van der Waals surface area (Å²) >= 11 is 0. The van der Waals surface area contributed by atoms with E-state index in [1.807, 2.05) is 6.92 Å². The fourth-order valence-electron chi connectivity index (χ4n) is 2.79. The molecular weight excluding hydrogens is 192 g/mol. The van der Waals surface area contributed by atoms with Crippen molar-refractivity contribution in [3.05, 3.63) is 0 Å². The number of hydrogen-bond acceptors (Lipinski definition) is 2. The molecule has 3 heteroatoms. The summed E-state index contributed by atoms with van der Waals surface area (Å²) in [4.78, 5) is 22.6. The normalized spacial score (nSPS) is 30.8. The van der Waals surface area contributed by atoms with Gasteiger partial charge in [0.2, 0.25) is 0 Å². The van der Waals surface area contributed by atoms with Crippen molar-refractivity contribution >= 4 is 11.8 Å². The minimum absolute atomic E-state index is 0.0561. The lowest BCUT2D eigenvalue weighted by atomic mass is 9.83. The molecule has 0 amide bonds. The Kier molecular flexibility index (Phi) is 4.30. The van der Waals surface area contributed by atoms with E-state index in [-0.39, 0.29) is 11.7 Å². The molecule has 0 aliphatic heterocycles. The quantitative estimate of drug-likeness (QED) is 0.712. The van der Waals surface area contributed by atoms with Crippen LogP contribution in [-0.2, 0) is 9.59 Å². The van der Waals surface area contributed by atoms with Crippen LogP contribution >= 0.6 is 0 Å². The van der Waals surface area contributed by atoms with Crippen LogP contribution < -0.4 is 0 Å². The van der Waals surface area contributed by atoms with E-state index in [1.54, 1.807) is 0 Å². The Balaban J connectivity index is 2.77. The largest absolute Gasteiger partial charge is 0.481 e. The molecule has 86 valence electrons. The maximum absolute atomic E-state index is 11.6. The molecule has 1 aliphatic carbocycles. The van der Waals surface area contributed by atoms with Gasteiger partial charge in [-0.05, 0) is 24.7 Å². The average Bonchev–Trinajstić information content (AvgIpc) is 2.44. The van der Waals surface area contributed by atoms with E-state index >= 15 is 0 Å². The molecule has 1 fully saturated rings. The molecule has 0 aromatic heterocycles. The van der Waals surface area contributed by atoms with Gasteiger partial charge in [-0.2, -0.15) is 0 Å². The second-order valence-corrected chi connectivity index (χ2v) is 4.49. The van der Waals surface area contributed by atoms with Crippen LogP contribution in [0.1, 0.15) is 46.0 Å². The van der Waals surface area contributed by atoms with E-state index in [9.17, 15) is 9.59 Å². The molecule has 0 bridgehead atoms. The molecule has 3 atom stereocenters. The highest BCUT2D eigenvalue weighted by molar-refractivity contribution is 6.00. The fourth-order valence-corrected chi connectivity index (χ4v) is 2.79. The van der Waals surface area contributed by atoms with Crippen LogP contribution in [0, 0.1) is 17.8 Å². The van der Waals surface area contributed by atoms with E-state index in [4.69, 9.17) is 5.11 Å². The number of carboxylic acids is 1. The summed E-state index contributed by atoms with van der Waals surface area (Å²) in [5.41, 5.74) is 0. The van der Waals surface area contributed by atoms with E-state index in [0.717, 1.165) is 25.7 Å². The van der Waals surface area contributed by atoms with Gasteiger partial charge in [-0.3, -0.25) is 9.59 Å². The zero-order valence-electron chi connectivity index (χ0n) is 9.53. The Bertz CT molecular complexity index is 247. The van der Waals surface area contributed by atoms with Crippen molar-refractivity contribution in [2.24, 2.45) is 17.8 Å². The van der Waals surface area contributed by atoms with Gasteiger partial charge in [0, 0.05) is 6.42 Å². The second-order valence-electron chi connectivity index (χ2n) is 4.49. The second kappa shape index (κ2) is 5.29. The summed E-state index contributed by atoms with van der Waals surface area (Å²) in [7, 11) is 0. The van der Waals surface area contributed by atoms with E-state index in [0.29, 0.717) is 12.3 Å². The van der Waals surface area contributed by atoms with Crippen LogP contribution in [0.15, 0.2) is 0 Å². The van der Waals surface area contributed by atoms with Gasteiger partial charge in [0.25, 0.3) is 0 Å². The number of carbonyl (C=O) groups excluding carboxylic acids is 1. The first-order valence-electron chi connectivity index (χ1n) is 5.87. The van der Waals surface area contributed by atoms with Gasteiger partial charge >= 0.3 is 5.97 Å². The third kappa shape index (κ3) is 2.58.